The average Bonchev–Trinajstić information content (AvgIpc) is 2.48. The predicted molar refractivity (Wildman–Crippen MR) is 93.2 cm³/mol. The summed E-state index contributed by atoms with van der Waals surface area (Å²) in [7, 11) is 0. The highest BCUT2D eigenvalue weighted by molar-refractivity contribution is 5.72. The average molecular weight is 322 g/mol. The van der Waals surface area contributed by atoms with E-state index in [1.165, 1.54) is 32.1 Å². The number of rotatable bonds is 10. The van der Waals surface area contributed by atoms with Crippen molar-refractivity contribution >= 4 is 5.97 Å². The number of carboxylic acids is 1. The molecular weight excluding hydrogens is 286 g/mol. The Hall–Kier alpha value is -0.570. The smallest absolute Gasteiger partial charge is 0.320 e. The molecule has 0 aromatic heterocycles. The van der Waals surface area contributed by atoms with Gasteiger partial charge in [-0.25, -0.2) is 0 Å². The lowest BCUT2D eigenvalue weighted by Crippen LogP contribution is -2.45. The van der Waals surface area contributed by atoms with E-state index in [2.05, 4.69) is 0 Å². The van der Waals surface area contributed by atoms with Crippen LogP contribution in [0.15, 0.2) is 0 Å². The third-order valence-corrected chi connectivity index (χ3v) is 6.95. The first-order chi connectivity index (χ1) is 11.1. The third kappa shape index (κ3) is 4.49. The molecule has 0 amide bonds. The van der Waals surface area contributed by atoms with E-state index >= 15 is 0 Å². The number of hydrogen-bond donors (Lipinski definition) is 2. The molecule has 0 radical (unpaired) electrons. The lowest BCUT2D eigenvalue weighted by Gasteiger charge is -2.57. The summed E-state index contributed by atoms with van der Waals surface area (Å²) < 4.78 is 0. The normalized spacial score (nSPS) is 36.3. The summed E-state index contributed by atoms with van der Waals surface area (Å²) in [6.07, 6.45) is 18.9. The van der Waals surface area contributed by atoms with Crippen molar-refractivity contribution in [2.45, 2.75) is 95.9 Å². The van der Waals surface area contributed by atoms with Crippen LogP contribution >= 0.6 is 0 Å². The highest BCUT2D eigenvalue weighted by atomic mass is 16.4. The maximum absolute atomic E-state index is 10.6. The summed E-state index contributed by atoms with van der Waals surface area (Å²) >= 11 is 0. The zero-order valence-electron chi connectivity index (χ0n) is 14.6. The van der Waals surface area contributed by atoms with Crippen molar-refractivity contribution in [3.8, 4) is 0 Å². The Morgan fingerprint density at radius 2 is 1.39 bits per heavy atom. The van der Waals surface area contributed by atoms with Crippen LogP contribution in [0.5, 0.6) is 0 Å². The minimum atomic E-state index is -0.861. The molecule has 1 unspecified atom stereocenters. The standard InChI is InChI=1S/C20H35NO2/c21-18(19(22)23)7-5-3-1-2-4-6-8-20-12-15-9-16(13-20)11-17(10-15)14-20/h15-18H,1-14,21H2,(H,22,23). The van der Waals surface area contributed by atoms with Gasteiger partial charge in [-0.15, -0.1) is 0 Å². The summed E-state index contributed by atoms with van der Waals surface area (Å²) in [5.41, 5.74) is 6.28. The summed E-state index contributed by atoms with van der Waals surface area (Å²) in [5, 5.41) is 8.75. The van der Waals surface area contributed by atoms with E-state index in [0.717, 1.165) is 36.0 Å². The summed E-state index contributed by atoms with van der Waals surface area (Å²) in [6, 6.07) is -0.661. The number of hydrogen-bond acceptors (Lipinski definition) is 2. The molecule has 0 aromatic carbocycles. The molecule has 0 aliphatic heterocycles. The molecule has 4 rings (SSSR count). The van der Waals surface area contributed by atoms with Crippen LogP contribution < -0.4 is 5.73 Å². The van der Waals surface area contributed by atoms with E-state index in [-0.39, 0.29) is 0 Å². The number of carbonyl (C=O) groups is 1. The molecule has 4 aliphatic rings. The van der Waals surface area contributed by atoms with Crippen molar-refractivity contribution in [1.29, 1.82) is 0 Å². The lowest BCUT2D eigenvalue weighted by molar-refractivity contribution is -0.138. The van der Waals surface area contributed by atoms with E-state index in [0.29, 0.717) is 6.42 Å². The van der Waals surface area contributed by atoms with Crippen LogP contribution in [-0.2, 0) is 4.79 Å². The van der Waals surface area contributed by atoms with Gasteiger partial charge in [-0.1, -0.05) is 38.5 Å². The van der Waals surface area contributed by atoms with Gasteiger partial charge in [0.25, 0.3) is 0 Å². The van der Waals surface area contributed by atoms with Crippen molar-refractivity contribution in [3.05, 3.63) is 0 Å². The Labute approximate surface area is 141 Å². The first-order valence-corrected chi connectivity index (χ1v) is 10.0. The highest BCUT2D eigenvalue weighted by Gasteiger charge is 2.50. The van der Waals surface area contributed by atoms with Gasteiger partial charge < -0.3 is 10.8 Å². The van der Waals surface area contributed by atoms with Gasteiger partial charge in [-0.05, 0) is 74.5 Å². The van der Waals surface area contributed by atoms with E-state index in [4.69, 9.17) is 10.8 Å². The van der Waals surface area contributed by atoms with Gasteiger partial charge in [-0.2, -0.15) is 0 Å². The summed E-state index contributed by atoms with van der Waals surface area (Å²) in [6.45, 7) is 0. The highest BCUT2D eigenvalue weighted by Crippen LogP contribution is 2.61. The molecule has 4 aliphatic carbocycles. The Balaban J connectivity index is 1.24. The van der Waals surface area contributed by atoms with Gasteiger partial charge in [0.2, 0.25) is 0 Å². The van der Waals surface area contributed by atoms with Crippen molar-refractivity contribution < 1.29 is 9.90 Å². The maximum atomic E-state index is 10.6. The molecule has 0 spiro atoms. The number of unbranched alkanes of at least 4 members (excludes halogenated alkanes) is 5. The van der Waals surface area contributed by atoms with E-state index in [1.54, 1.807) is 38.5 Å². The lowest BCUT2D eigenvalue weighted by atomic mass is 9.48. The minimum Gasteiger partial charge on any atom is -0.480 e. The van der Waals surface area contributed by atoms with Gasteiger partial charge in [0.05, 0.1) is 0 Å². The Morgan fingerprint density at radius 1 is 0.913 bits per heavy atom. The van der Waals surface area contributed by atoms with Crippen molar-refractivity contribution in [1.82, 2.24) is 0 Å². The van der Waals surface area contributed by atoms with Crippen LogP contribution in [0.1, 0.15) is 89.9 Å². The molecule has 23 heavy (non-hydrogen) atoms. The predicted octanol–water partition coefficient (Wildman–Crippen LogP) is 4.74. The monoisotopic (exact) mass is 321 g/mol. The fourth-order valence-corrected chi connectivity index (χ4v) is 6.29. The summed E-state index contributed by atoms with van der Waals surface area (Å²) in [5.74, 6) is 2.39. The van der Waals surface area contributed by atoms with E-state index < -0.39 is 12.0 Å². The molecule has 4 bridgehead atoms. The topological polar surface area (TPSA) is 63.3 Å². The second-order valence-electron chi connectivity index (χ2n) is 9.02. The SMILES string of the molecule is NC(CCCCCCCCC12CC3CC(CC(C3)C1)C2)C(=O)O. The van der Waals surface area contributed by atoms with E-state index in [1.807, 2.05) is 0 Å². The third-order valence-electron chi connectivity index (χ3n) is 6.95. The Kier molecular flexibility index (Phi) is 5.66. The van der Waals surface area contributed by atoms with Gasteiger partial charge in [0.15, 0.2) is 0 Å². The van der Waals surface area contributed by atoms with E-state index in [9.17, 15) is 4.79 Å². The largest absolute Gasteiger partial charge is 0.480 e. The molecule has 3 heteroatoms. The molecular formula is C20H35NO2. The van der Waals surface area contributed by atoms with Crippen LogP contribution in [0.4, 0.5) is 0 Å². The van der Waals surface area contributed by atoms with Crippen LogP contribution in [0, 0.1) is 23.2 Å². The maximum Gasteiger partial charge on any atom is 0.320 e. The zero-order valence-corrected chi connectivity index (χ0v) is 14.6. The van der Waals surface area contributed by atoms with Gasteiger partial charge in [0, 0.05) is 0 Å². The number of nitrogens with two attached hydrogens (primary N) is 1. The molecule has 3 N–H and O–H groups in total. The molecule has 0 heterocycles. The number of aliphatic carboxylic acids is 1. The Morgan fingerprint density at radius 3 is 1.91 bits per heavy atom. The van der Waals surface area contributed by atoms with Gasteiger partial charge in [0.1, 0.15) is 6.04 Å². The van der Waals surface area contributed by atoms with Gasteiger partial charge >= 0.3 is 5.97 Å². The minimum absolute atomic E-state index is 0.628. The second-order valence-corrected chi connectivity index (χ2v) is 9.02. The second kappa shape index (κ2) is 7.55. The van der Waals surface area contributed by atoms with Crippen molar-refractivity contribution in [3.63, 3.8) is 0 Å². The van der Waals surface area contributed by atoms with Crippen LogP contribution in [0.25, 0.3) is 0 Å². The quantitative estimate of drug-likeness (QED) is 0.571. The first-order valence-electron chi connectivity index (χ1n) is 10.0. The zero-order chi connectivity index (χ0) is 16.3. The van der Waals surface area contributed by atoms with Crippen LogP contribution in [0.3, 0.4) is 0 Å². The molecule has 132 valence electrons. The molecule has 0 aromatic rings. The molecule has 4 fully saturated rings. The molecule has 4 saturated carbocycles. The fraction of sp³-hybridized carbons (Fsp3) is 0.950. The van der Waals surface area contributed by atoms with Crippen molar-refractivity contribution in [2.24, 2.45) is 28.9 Å². The molecule has 1 atom stereocenters. The van der Waals surface area contributed by atoms with Crippen LogP contribution in [0.2, 0.25) is 0 Å². The molecule has 0 saturated heterocycles. The fourth-order valence-electron chi connectivity index (χ4n) is 6.29. The van der Waals surface area contributed by atoms with Crippen molar-refractivity contribution in [2.75, 3.05) is 0 Å². The number of carboxylic acid groups (broad SMARTS) is 1. The van der Waals surface area contributed by atoms with Gasteiger partial charge in [-0.3, -0.25) is 4.79 Å². The van der Waals surface area contributed by atoms with Crippen LogP contribution in [-0.4, -0.2) is 17.1 Å². The molecule has 3 nitrogen and oxygen atoms in total. The first kappa shape index (κ1) is 17.3. The summed E-state index contributed by atoms with van der Waals surface area (Å²) in [4.78, 5) is 10.6. The Bertz CT molecular complexity index is 371.